The summed E-state index contributed by atoms with van der Waals surface area (Å²) in [7, 11) is 0.0186. The normalized spacial score (nSPS) is 11.4. The molecule has 39 heavy (non-hydrogen) atoms. The summed E-state index contributed by atoms with van der Waals surface area (Å²) in [5.74, 6) is -0.0376. The van der Waals surface area contributed by atoms with Crippen LogP contribution >= 0.6 is 0 Å². The van der Waals surface area contributed by atoms with Gasteiger partial charge in [-0.05, 0) is 36.2 Å². The standard InChI is InChI=1S/C26H28N4O8S/c1-36-23-11-9-20(15-22(23)30(32)33)17-27-28-26(31)18-29(14-13-19-7-5-4-6-8-19)39(34,35)21-10-12-24(37-2)25(16-21)38-3/h4-12,15-17H,13-14,18H2,1-3H3,(H,28,31)/b27-17-. The van der Waals surface area contributed by atoms with Crippen molar-refractivity contribution in [3.8, 4) is 17.2 Å². The maximum atomic E-state index is 13.5. The minimum Gasteiger partial charge on any atom is -0.493 e. The van der Waals surface area contributed by atoms with Crippen LogP contribution in [0.3, 0.4) is 0 Å². The molecule has 3 aromatic rings. The largest absolute Gasteiger partial charge is 0.493 e. The lowest BCUT2D eigenvalue weighted by Gasteiger charge is -2.22. The molecular weight excluding hydrogens is 528 g/mol. The molecule has 0 radical (unpaired) electrons. The van der Waals surface area contributed by atoms with Crippen molar-refractivity contribution < 1.29 is 32.3 Å². The minimum absolute atomic E-state index is 0.0164. The van der Waals surface area contributed by atoms with Crippen molar-refractivity contribution in [3.05, 3.63) is 88.0 Å². The zero-order chi connectivity index (χ0) is 28.4. The van der Waals surface area contributed by atoms with Crippen molar-refractivity contribution in [2.45, 2.75) is 11.3 Å². The third-order valence-electron chi connectivity index (χ3n) is 5.61. The van der Waals surface area contributed by atoms with Gasteiger partial charge in [0.2, 0.25) is 10.0 Å². The van der Waals surface area contributed by atoms with Crippen molar-refractivity contribution in [1.82, 2.24) is 9.73 Å². The van der Waals surface area contributed by atoms with E-state index < -0.39 is 27.4 Å². The molecule has 0 aliphatic carbocycles. The molecule has 0 saturated carbocycles. The summed E-state index contributed by atoms with van der Waals surface area (Å²) in [5, 5.41) is 15.0. The van der Waals surface area contributed by atoms with Gasteiger partial charge in [0.25, 0.3) is 5.91 Å². The monoisotopic (exact) mass is 556 g/mol. The number of carbonyl (C=O) groups is 1. The predicted molar refractivity (Wildman–Crippen MR) is 144 cm³/mol. The number of nitrogens with one attached hydrogen (secondary N) is 1. The summed E-state index contributed by atoms with van der Waals surface area (Å²) in [6.07, 6.45) is 1.57. The van der Waals surface area contributed by atoms with Crippen LogP contribution in [-0.2, 0) is 21.2 Å². The Labute approximate surface area is 226 Å². The van der Waals surface area contributed by atoms with Crippen LogP contribution in [0.4, 0.5) is 5.69 Å². The number of hydrazone groups is 1. The molecule has 3 rings (SSSR count). The summed E-state index contributed by atoms with van der Waals surface area (Å²) in [4.78, 5) is 23.3. The number of rotatable bonds is 13. The Kier molecular flexibility index (Phi) is 9.95. The minimum atomic E-state index is -4.13. The lowest BCUT2D eigenvalue weighted by atomic mass is 10.1. The van der Waals surface area contributed by atoms with Gasteiger partial charge in [-0.2, -0.15) is 9.41 Å². The van der Waals surface area contributed by atoms with E-state index in [1.807, 2.05) is 30.3 Å². The Morgan fingerprint density at radius 2 is 1.64 bits per heavy atom. The molecule has 0 bridgehead atoms. The zero-order valence-electron chi connectivity index (χ0n) is 21.6. The molecule has 1 amide bonds. The van der Waals surface area contributed by atoms with Crippen LogP contribution in [0, 0.1) is 10.1 Å². The van der Waals surface area contributed by atoms with E-state index in [4.69, 9.17) is 14.2 Å². The van der Waals surface area contributed by atoms with Crippen LogP contribution in [0.5, 0.6) is 17.2 Å². The van der Waals surface area contributed by atoms with Crippen LogP contribution in [0.15, 0.2) is 76.7 Å². The quantitative estimate of drug-likeness (QED) is 0.192. The van der Waals surface area contributed by atoms with E-state index in [1.54, 1.807) is 0 Å². The first-order valence-electron chi connectivity index (χ1n) is 11.6. The number of carbonyl (C=O) groups excluding carboxylic acids is 1. The third kappa shape index (κ3) is 7.52. The van der Waals surface area contributed by atoms with E-state index in [0.717, 1.165) is 9.87 Å². The number of ether oxygens (including phenoxy) is 3. The van der Waals surface area contributed by atoms with Gasteiger partial charge in [0, 0.05) is 24.2 Å². The van der Waals surface area contributed by atoms with E-state index in [2.05, 4.69) is 10.5 Å². The SMILES string of the molecule is COc1ccc(S(=O)(=O)N(CCc2ccccc2)CC(=O)N/N=C\c2ccc(OC)c([N+](=O)[O-])c2)cc1OC. The number of benzene rings is 3. The highest BCUT2D eigenvalue weighted by Gasteiger charge is 2.27. The molecule has 0 aliphatic heterocycles. The number of amides is 1. The van der Waals surface area contributed by atoms with E-state index in [9.17, 15) is 23.3 Å². The highest BCUT2D eigenvalue weighted by Crippen LogP contribution is 2.31. The summed E-state index contributed by atoms with van der Waals surface area (Å²) in [6, 6.07) is 17.6. The molecule has 0 spiro atoms. The molecule has 0 saturated heterocycles. The highest BCUT2D eigenvalue weighted by molar-refractivity contribution is 7.89. The molecule has 0 aliphatic rings. The average Bonchev–Trinajstić information content (AvgIpc) is 2.95. The molecule has 3 aromatic carbocycles. The summed E-state index contributed by atoms with van der Waals surface area (Å²) < 4.78 is 43.5. The highest BCUT2D eigenvalue weighted by atomic mass is 32.2. The van der Waals surface area contributed by atoms with E-state index in [-0.39, 0.29) is 28.6 Å². The first-order chi connectivity index (χ1) is 18.7. The molecule has 0 heterocycles. The topological polar surface area (TPSA) is 150 Å². The lowest BCUT2D eigenvalue weighted by molar-refractivity contribution is -0.385. The van der Waals surface area contributed by atoms with Crippen LogP contribution in [0.2, 0.25) is 0 Å². The molecule has 0 fully saturated rings. The molecule has 12 nitrogen and oxygen atoms in total. The summed E-state index contributed by atoms with van der Waals surface area (Å²) >= 11 is 0. The Bertz CT molecular complexity index is 1450. The maximum absolute atomic E-state index is 13.5. The first-order valence-corrected chi connectivity index (χ1v) is 13.0. The number of nitrogens with zero attached hydrogens (tertiary/aromatic N) is 3. The number of sulfonamides is 1. The van der Waals surface area contributed by atoms with Gasteiger partial charge in [0.05, 0.1) is 43.9 Å². The number of nitro benzene ring substituents is 1. The van der Waals surface area contributed by atoms with Crippen molar-refractivity contribution >= 4 is 27.8 Å². The Morgan fingerprint density at radius 1 is 0.974 bits per heavy atom. The lowest BCUT2D eigenvalue weighted by Crippen LogP contribution is -2.40. The van der Waals surface area contributed by atoms with Crippen LogP contribution in [0.1, 0.15) is 11.1 Å². The first kappa shape index (κ1) is 29.1. The van der Waals surface area contributed by atoms with Gasteiger partial charge in [-0.25, -0.2) is 13.8 Å². The van der Waals surface area contributed by atoms with Gasteiger partial charge < -0.3 is 14.2 Å². The molecule has 0 aromatic heterocycles. The Hall–Kier alpha value is -4.49. The van der Waals surface area contributed by atoms with Gasteiger partial charge >= 0.3 is 5.69 Å². The van der Waals surface area contributed by atoms with Crippen molar-refractivity contribution in [2.24, 2.45) is 5.10 Å². The fourth-order valence-electron chi connectivity index (χ4n) is 3.61. The fraction of sp³-hybridized carbons (Fsp3) is 0.231. The van der Waals surface area contributed by atoms with Gasteiger partial charge in [-0.15, -0.1) is 0 Å². The Morgan fingerprint density at radius 3 is 2.28 bits per heavy atom. The van der Waals surface area contributed by atoms with Crippen LogP contribution in [0.25, 0.3) is 0 Å². The zero-order valence-corrected chi connectivity index (χ0v) is 22.4. The van der Waals surface area contributed by atoms with Gasteiger partial charge in [-0.1, -0.05) is 30.3 Å². The molecule has 13 heteroatoms. The average molecular weight is 557 g/mol. The van der Waals surface area contributed by atoms with Crippen molar-refractivity contribution in [1.29, 1.82) is 0 Å². The van der Waals surface area contributed by atoms with Crippen molar-refractivity contribution in [2.75, 3.05) is 34.4 Å². The van der Waals surface area contributed by atoms with Crippen LogP contribution < -0.4 is 19.6 Å². The number of hydrogen-bond acceptors (Lipinski definition) is 9. The third-order valence-corrected chi connectivity index (χ3v) is 7.45. The number of hydrogen-bond donors (Lipinski definition) is 1. The van der Waals surface area contributed by atoms with Gasteiger partial charge in [0.1, 0.15) is 0 Å². The summed E-state index contributed by atoms with van der Waals surface area (Å²) in [5.41, 5.74) is 3.24. The smallest absolute Gasteiger partial charge is 0.311 e. The number of nitro groups is 1. The molecule has 0 atom stereocenters. The molecule has 206 valence electrons. The second-order valence-electron chi connectivity index (χ2n) is 8.07. The predicted octanol–water partition coefficient (Wildman–Crippen LogP) is 3.00. The van der Waals surface area contributed by atoms with E-state index in [0.29, 0.717) is 17.7 Å². The van der Waals surface area contributed by atoms with Gasteiger partial charge in [0.15, 0.2) is 17.2 Å². The number of methoxy groups -OCH3 is 3. The molecule has 0 unspecified atom stereocenters. The van der Waals surface area contributed by atoms with Crippen molar-refractivity contribution in [3.63, 3.8) is 0 Å². The maximum Gasteiger partial charge on any atom is 0.311 e. The van der Waals surface area contributed by atoms with E-state index in [1.165, 1.54) is 63.9 Å². The second-order valence-corrected chi connectivity index (χ2v) is 10.0. The fourth-order valence-corrected chi connectivity index (χ4v) is 5.03. The van der Waals surface area contributed by atoms with E-state index >= 15 is 0 Å². The molecule has 1 N–H and O–H groups in total. The second kappa shape index (κ2) is 13.3. The van der Waals surface area contributed by atoms with Gasteiger partial charge in [-0.3, -0.25) is 14.9 Å². The van der Waals surface area contributed by atoms with Crippen LogP contribution in [-0.4, -0.2) is 64.2 Å². The Balaban J connectivity index is 1.80. The summed E-state index contributed by atoms with van der Waals surface area (Å²) in [6.45, 7) is -0.508. The molecular formula is C26H28N4O8S.